The molecule has 122 valence electrons. The van der Waals surface area contributed by atoms with Gasteiger partial charge in [0.15, 0.2) is 0 Å². The highest BCUT2D eigenvalue weighted by Crippen LogP contribution is 2.22. The Morgan fingerprint density at radius 3 is 2.05 bits per heavy atom. The maximum absolute atomic E-state index is 8.94. The van der Waals surface area contributed by atoms with Crippen molar-refractivity contribution in [1.82, 2.24) is 0 Å². The van der Waals surface area contributed by atoms with Crippen LogP contribution in [0, 0.1) is 11.5 Å². The molecule has 1 rings (SSSR count). The quantitative estimate of drug-likeness (QED) is 0.489. The summed E-state index contributed by atoms with van der Waals surface area (Å²) in [4.78, 5) is 0. The van der Waals surface area contributed by atoms with Crippen LogP contribution in [0.5, 0.6) is 5.75 Å². The van der Waals surface area contributed by atoms with Crippen molar-refractivity contribution in [3.63, 3.8) is 0 Å². The molecule has 1 aromatic rings. The van der Waals surface area contributed by atoms with Crippen LogP contribution in [0.3, 0.4) is 0 Å². The summed E-state index contributed by atoms with van der Waals surface area (Å²) in [6, 6.07) is 5.66. The van der Waals surface area contributed by atoms with Crippen LogP contribution in [0.4, 0.5) is 0 Å². The van der Waals surface area contributed by atoms with Crippen LogP contribution in [0.25, 0.3) is 0 Å². The Morgan fingerprint density at radius 2 is 1.59 bits per heavy atom. The van der Waals surface area contributed by atoms with Crippen LogP contribution >= 0.6 is 0 Å². The van der Waals surface area contributed by atoms with Gasteiger partial charge in [0, 0.05) is 19.8 Å². The molecule has 0 saturated heterocycles. The highest BCUT2D eigenvalue weighted by molar-refractivity contribution is 6.76. The molecule has 22 heavy (non-hydrogen) atoms. The lowest BCUT2D eigenvalue weighted by atomic mass is 10.1. The standard InChI is InChI=1S/C16H25NO4Si/c1-5-10-14-11-9-12-15(18-13-17)16(14)22(19-6-2,20-7-3)21-8-4/h9,11-12H,5-8,10H2,1-4H3. The smallest absolute Gasteiger partial charge is 0.388 e. The zero-order valence-electron chi connectivity index (χ0n) is 13.8. The van der Waals surface area contributed by atoms with Gasteiger partial charge in [-0.2, -0.15) is 0 Å². The first kappa shape index (κ1) is 18.7. The van der Waals surface area contributed by atoms with E-state index in [2.05, 4.69) is 6.92 Å². The lowest BCUT2D eigenvalue weighted by Crippen LogP contribution is -2.58. The van der Waals surface area contributed by atoms with Gasteiger partial charge in [-0.1, -0.05) is 25.5 Å². The van der Waals surface area contributed by atoms with E-state index in [1.165, 1.54) is 0 Å². The van der Waals surface area contributed by atoms with Crippen molar-refractivity contribution in [2.75, 3.05) is 19.8 Å². The molecule has 1 aromatic carbocycles. The van der Waals surface area contributed by atoms with Gasteiger partial charge in [-0.25, -0.2) is 0 Å². The molecule has 0 aliphatic heterocycles. The van der Waals surface area contributed by atoms with E-state index in [1.807, 2.05) is 32.9 Å². The number of hydrogen-bond donors (Lipinski definition) is 0. The van der Waals surface area contributed by atoms with Crippen LogP contribution < -0.4 is 9.92 Å². The largest absolute Gasteiger partial charge is 0.541 e. The fourth-order valence-corrected chi connectivity index (χ4v) is 5.31. The van der Waals surface area contributed by atoms with Crippen molar-refractivity contribution in [2.45, 2.75) is 40.5 Å². The lowest BCUT2D eigenvalue weighted by molar-refractivity contribution is 0.0853. The van der Waals surface area contributed by atoms with Crippen molar-refractivity contribution in [3.8, 4) is 12.0 Å². The topological polar surface area (TPSA) is 60.7 Å². The number of nitrogens with zero attached hydrogens (tertiary/aromatic N) is 1. The molecule has 0 bridgehead atoms. The maximum atomic E-state index is 8.94. The van der Waals surface area contributed by atoms with E-state index >= 15 is 0 Å². The van der Waals surface area contributed by atoms with Gasteiger partial charge in [-0.3, -0.25) is 0 Å². The average molecular weight is 323 g/mol. The predicted molar refractivity (Wildman–Crippen MR) is 86.9 cm³/mol. The summed E-state index contributed by atoms with van der Waals surface area (Å²) in [6.07, 6.45) is 3.56. The Labute approximate surface area is 134 Å². The molecule has 0 aliphatic carbocycles. The van der Waals surface area contributed by atoms with Gasteiger partial charge in [0.05, 0.1) is 5.19 Å². The molecule has 0 atom stereocenters. The van der Waals surface area contributed by atoms with Crippen molar-refractivity contribution >= 4 is 14.0 Å². The molecular formula is C16H25NO4Si. The van der Waals surface area contributed by atoms with Crippen LogP contribution in [-0.2, 0) is 19.7 Å². The first-order valence-electron chi connectivity index (χ1n) is 7.79. The van der Waals surface area contributed by atoms with Crippen LogP contribution in [0.1, 0.15) is 39.7 Å². The normalized spacial score (nSPS) is 11.2. The van der Waals surface area contributed by atoms with Gasteiger partial charge in [-0.15, -0.1) is 5.26 Å². The lowest BCUT2D eigenvalue weighted by Gasteiger charge is -2.31. The summed E-state index contributed by atoms with van der Waals surface area (Å²) < 4.78 is 23.1. The highest BCUT2D eigenvalue weighted by atomic mass is 28.4. The van der Waals surface area contributed by atoms with Gasteiger partial charge in [0.25, 0.3) is 6.26 Å². The van der Waals surface area contributed by atoms with Crippen molar-refractivity contribution < 1.29 is 18.0 Å². The minimum absolute atomic E-state index is 0.468. The fourth-order valence-electron chi connectivity index (χ4n) is 2.45. The average Bonchev–Trinajstić information content (AvgIpc) is 2.49. The second-order valence-corrected chi connectivity index (χ2v) is 7.07. The number of ether oxygens (including phenoxy) is 1. The second kappa shape index (κ2) is 9.59. The minimum Gasteiger partial charge on any atom is -0.388 e. The van der Waals surface area contributed by atoms with Crippen molar-refractivity contribution in [1.29, 1.82) is 5.26 Å². The summed E-state index contributed by atoms with van der Waals surface area (Å²) in [6.45, 7) is 9.25. The van der Waals surface area contributed by atoms with Crippen molar-refractivity contribution in [3.05, 3.63) is 23.8 Å². The molecule has 0 fully saturated rings. The third-order valence-corrected chi connectivity index (χ3v) is 6.28. The molecule has 0 heterocycles. The maximum Gasteiger partial charge on any atom is 0.541 e. The Hall–Kier alpha value is -1.39. The zero-order chi connectivity index (χ0) is 16.4. The fraction of sp³-hybridized carbons (Fsp3) is 0.562. The summed E-state index contributed by atoms with van der Waals surface area (Å²) in [7, 11) is -3.11. The predicted octanol–water partition coefficient (Wildman–Crippen LogP) is 2.75. The number of hydrogen-bond acceptors (Lipinski definition) is 5. The Kier molecular flexibility index (Phi) is 8.13. The van der Waals surface area contributed by atoms with Gasteiger partial charge in [0.2, 0.25) is 0 Å². The van der Waals surface area contributed by atoms with E-state index in [0.717, 1.165) is 23.6 Å². The monoisotopic (exact) mass is 323 g/mol. The Morgan fingerprint density at radius 1 is 1.00 bits per heavy atom. The second-order valence-electron chi connectivity index (χ2n) is 4.59. The first-order valence-corrected chi connectivity index (χ1v) is 9.51. The van der Waals surface area contributed by atoms with Crippen molar-refractivity contribution in [2.24, 2.45) is 0 Å². The number of nitriles is 1. The molecule has 0 aromatic heterocycles. The Balaban J connectivity index is 3.50. The first-order chi connectivity index (χ1) is 10.7. The van der Waals surface area contributed by atoms with Crippen LogP contribution in [0.15, 0.2) is 18.2 Å². The molecule has 0 radical (unpaired) electrons. The minimum atomic E-state index is -3.11. The van der Waals surface area contributed by atoms with Gasteiger partial charge in [-0.05, 0) is 38.8 Å². The summed E-state index contributed by atoms with van der Waals surface area (Å²) >= 11 is 0. The highest BCUT2D eigenvalue weighted by Gasteiger charge is 2.47. The molecular weight excluding hydrogens is 298 g/mol. The van der Waals surface area contributed by atoms with E-state index in [-0.39, 0.29) is 0 Å². The molecule has 0 unspecified atom stereocenters. The number of benzene rings is 1. The third kappa shape index (κ3) is 4.30. The summed E-state index contributed by atoms with van der Waals surface area (Å²) in [5.74, 6) is 0.468. The van der Waals surface area contributed by atoms with E-state index < -0.39 is 8.80 Å². The van der Waals surface area contributed by atoms with E-state index in [9.17, 15) is 0 Å². The molecule has 0 N–H and O–H groups in total. The third-order valence-electron chi connectivity index (χ3n) is 3.10. The molecule has 0 saturated carbocycles. The molecule has 0 amide bonds. The summed E-state index contributed by atoms with van der Waals surface area (Å²) in [5.41, 5.74) is 1.05. The number of aryl methyl sites for hydroxylation is 1. The number of rotatable bonds is 10. The summed E-state index contributed by atoms with van der Waals surface area (Å²) in [5, 5.41) is 9.72. The molecule has 5 nitrogen and oxygen atoms in total. The van der Waals surface area contributed by atoms with E-state index in [0.29, 0.717) is 25.6 Å². The molecule has 0 aliphatic rings. The van der Waals surface area contributed by atoms with Crippen LogP contribution in [0.2, 0.25) is 0 Å². The van der Waals surface area contributed by atoms with Gasteiger partial charge >= 0.3 is 8.80 Å². The zero-order valence-corrected chi connectivity index (χ0v) is 14.8. The van der Waals surface area contributed by atoms with Crippen LogP contribution in [-0.4, -0.2) is 28.6 Å². The SMILES string of the molecule is CCCc1cccc(OC#N)c1[Si](OCC)(OCC)OCC. The Bertz CT molecular complexity index is 484. The van der Waals surface area contributed by atoms with E-state index in [1.54, 1.807) is 12.3 Å². The van der Waals surface area contributed by atoms with Gasteiger partial charge < -0.3 is 18.0 Å². The molecule has 0 spiro atoms. The van der Waals surface area contributed by atoms with E-state index in [4.69, 9.17) is 23.3 Å². The molecule has 6 heteroatoms. The van der Waals surface area contributed by atoms with Gasteiger partial charge in [0.1, 0.15) is 5.75 Å².